The number of rotatable bonds is 6. The lowest BCUT2D eigenvalue weighted by Gasteiger charge is -2.02. The first kappa shape index (κ1) is 36.5. The number of hydrogen-bond donors (Lipinski definition) is 4. The fourth-order valence-corrected chi connectivity index (χ4v) is 5.88. The summed E-state index contributed by atoms with van der Waals surface area (Å²) in [5.41, 5.74) is 10.8. The van der Waals surface area contributed by atoms with Gasteiger partial charge in [-0.1, -0.05) is 182 Å². The number of H-pyrrole nitrogens is 4. The molecule has 0 aliphatic carbocycles. The summed E-state index contributed by atoms with van der Waals surface area (Å²) in [7, 11) is 0. The molecule has 0 saturated carbocycles. The van der Waals surface area contributed by atoms with Crippen LogP contribution in [0.2, 0.25) is 0 Å². The van der Waals surface area contributed by atoms with Crippen molar-refractivity contribution in [3.05, 3.63) is 219 Å². The molecule has 4 N–H and O–H groups in total. The maximum atomic E-state index is 4.87. The molecule has 0 atom stereocenters. The molecule has 0 aliphatic heterocycles. The van der Waals surface area contributed by atoms with E-state index in [9.17, 15) is 0 Å². The molecule has 6 aromatic carbocycles. The van der Waals surface area contributed by atoms with Gasteiger partial charge in [-0.2, -0.15) is 0 Å². The molecule has 10 rings (SSSR count). The zero-order valence-electron chi connectivity index (χ0n) is 30.6. The number of benzene rings is 6. The molecule has 0 bridgehead atoms. The SMILES string of the molecule is c1c[nH]cn1.c1c[nH]cn1.c1ccc(-c2nc(-c3ccccc3)c(-c3ccccc3)[nH]2)cc1.c1ccc(-c2nc(-c3ccccc3)c(-c3ccccc3)[nH]2)cc1. The van der Waals surface area contributed by atoms with Crippen molar-refractivity contribution in [3.8, 4) is 67.8 Å². The molecule has 0 spiro atoms. The van der Waals surface area contributed by atoms with E-state index in [1.807, 2.05) is 109 Å². The first-order chi connectivity index (χ1) is 27.8. The fourth-order valence-electron chi connectivity index (χ4n) is 5.88. The van der Waals surface area contributed by atoms with Crippen LogP contribution in [0.25, 0.3) is 67.8 Å². The molecule has 56 heavy (non-hydrogen) atoms. The Bertz CT molecular complexity index is 2200. The number of nitrogens with zero attached hydrogens (tertiary/aromatic N) is 4. The van der Waals surface area contributed by atoms with E-state index >= 15 is 0 Å². The van der Waals surface area contributed by atoms with Crippen LogP contribution in [0.4, 0.5) is 0 Å². The number of imidazole rings is 4. The second-order valence-electron chi connectivity index (χ2n) is 12.3. The molecule has 4 aromatic heterocycles. The molecule has 0 aliphatic rings. The normalized spacial score (nSPS) is 10.1. The minimum Gasteiger partial charge on any atom is -0.351 e. The molecule has 8 heteroatoms. The summed E-state index contributed by atoms with van der Waals surface area (Å²) in [6, 6.07) is 61.7. The molecule has 10 aromatic rings. The fraction of sp³-hybridized carbons (Fsp3) is 0. The van der Waals surface area contributed by atoms with Gasteiger partial charge in [0.05, 0.1) is 35.4 Å². The van der Waals surface area contributed by atoms with Gasteiger partial charge in [-0.15, -0.1) is 0 Å². The molecule has 4 heterocycles. The second kappa shape index (κ2) is 19.3. The highest BCUT2D eigenvalue weighted by Crippen LogP contribution is 2.34. The molecule has 8 nitrogen and oxygen atoms in total. The van der Waals surface area contributed by atoms with Gasteiger partial charge in [-0.3, -0.25) is 0 Å². The number of nitrogens with one attached hydrogen (secondary N) is 4. The highest BCUT2D eigenvalue weighted by molar-refractivity contribution is 5.82. The van der Waals surface area contributed by atoms with E-state index in [-0.39, 0.29) is 0 Å². The molecule has 0 saturated heterocycles. The summed E-state index contributed by atoms with van der Waals surface area (Å²) in [6.45, 7) is 0. The molecule has 0 fully saturated rings. The van der Waals surface area contributed by atoms with E-state index in [0.717, 1.165) is 67.8 Å². The van der Waals surface area contributed by atoms with Crippen LogP contribution in [0.15, 0.2) is 219 Å². The molecule has 0 amide bonds. The Hall–Kier alpha value is -7.84. The van der Waals surface area contributed by atoms with Gasteiger partial charge in [0.15, 0.2) is 0 Å². The van der Waals surface area contributed by atoms with Gasteiger partial charge in [-0.05, 0) is 0 Å². The van der Waals surface area contributed by atoms with Gasteiger partial charge in [-0.25, -0.2) is 19.9 Å². The Morgan fingerprint density at radius 1 is 0.304 bits per heavy atom. The van der Waals surface area contributed by atoms with Crippen LogP contribution >= 0.6 is 0 Å². The first-order valence-corrected chi connectivity index (χ1v) is 18.2. The van der Waals surface area contributed by atoms with Crippen LogP contribution in [0, 0.1) is 0 Å². The second-order valence-corrected chi connectivity index (χ2v) is 12.3. The number of aromatic nitrogens is 8. The van der Waals surface area contributed by atoms with Crippen LogP contribution in [0.1, 0.15) is 0 Å². The van der Waals surface area contributed by atoms with Gasteiger partial charge in [0.1, 0.15) is 11.6 Å². The van der Waals surface area contributed by atoms with Gasteiger partial charge in [0, 0.05) is 58.2 Å². The van der Waals surface area contributed by atoms with Gasteiger partial charge in [0.2, 0.25) is 0 Å². The Balaban J connectivity index is 0.000000137. The van der Waals surface area contributed by atoms with Crippen molar-refractivity contribution in [2.24, 2.45) is 0 Å². The van der Waals surface area contributed by atoms with Crippen molar-refractivity contribution >= 4 is 0 Å². The third-order valence-electron chi connectivity index (χ3n) is 8.53. The van der Waals surface area contributed by atoms with E-state index < -0.39 is 0 Å². The first-order valence-electron chi connectivity index (χ1n) is 18.2. The van der Waals surface area contributed by atoms with Crippen molar-refractivity contribution in [2.45, 2.75) is 0 Å². The Labute approximate surface area is 326 Å². The predicted molar refractivity (Wildman–Crippen MR) is 227 cm³/mol. The zero-order chi connectivity index (χ0) is 38.0. The summed E-state index contributed by atoms with van der Waals surface area (Å²) >= 11 is 0. The highest BCUT2D eigenvalue weighted by Gasteiger charge is 2.16. The number of aromatic amines is 4. The summed E-state index contributed by atoms with van der Waals surface area (Å²) in [5.74, 6) is 1.78. The van der Waals surface area contributed by atoms with Crippen molar-refractivity contribution in [2.75, 3.05) is 0 Å². The monoisotopic (exact) mass is 728 g/mol. The molecule has 272 valence electrons. The lowest BCUT2D eigenvalue weighted by Crippen LogP contribution is -1.82. The minimum absolute atomic E-state index is 0.892. The maximum absolute atomic E-state index is 4.87. The topological polar surface area (TPSA) is 115 Å². The van der Waals surface area contributed by atoms with E-state index in [1.165, 1.54) is 0 Å². The quantitative estimate of drug-likeness (QED) is 0.136. The lowest BCUT2D eigenvalue weighted by atomic mass is 10.1. The Morgan fingerprint density at radius 3 is 0.839 bits per heavy atom. The third-order valence-corrected chi connectivity index (χ3v) is 8.53. The Kier molecular flexibility index (Phi) is 12.6. The molecular formula is C48H40N8. The van der Waals surface area contributed by atoms with Crippen LogP contribution in [0.3, 0.4) is 0 Å². The van der Waals surface area contributed by atoms with E-state index in [1.54, 1.807) is 37.4 Å². The van der Waals surface area contributed by atoms with Crippen molar-refractivity contribution in [1.29, 1.82) is 0 Å². The van der Waals surface area contributed by atoms with E-state index in [4.69, 9.17) is 9.97 Å². The molecule has 0 unspecified atom stereocenters. The smallest absolute Gasteiger partial charge is 0.138 e. The van der Waals surface area contributed by atoms with E-state index in [2.05, 4.69) is 103 Å². The van der Waals surface area contributed by atoms with Crippen molar-refractivity contribution < 1.29 is 0 Å². The molecule has 0 radical (unpaired) electrons. The van der Waals surface area contributed by atoms with Crippen LogP contribution in [-0.2, 0) is 0 Å². The van der Waals surface area contributed by atoms with Crippen molar-refractivity contribution in [3.63, 3.8) is 0 Å². The van der Waals surface area contributed by atoms with Gasteiger partial charge < -0.3 is 19.9 Å². The van der Waals surface area contributed by atoms with Crippen LogP contribution in [-0.4, -0.2) is 39.9 Å². The van der Waals surface area contributed by atoms with Crippen LogP contribution in [0.5, 0.6) is 0 Å². The van der Waals surface area contributed by atoms with Gasteiger partial charge >= 0.3 is 0 Å². The average Bonchev–Trinajstić information content (AvgIpc) is 4.15. The van der Waals surface area contributed by atoms with Crippen molar-refractivity contribution in [1.82, 2.24) is 39.9 Å². The standard InChI is InChI=1S/2C21H16N2.2C3H4N2/c2*1-4-10-16(11-5-1)19-20(17-12-6-2-7-13-17)23-21(22-19)18-14-8-3-9-15-18;2*1-2-5-3-4-1/h2*1-15H,(H,22,23);2*1-3H,(H,4,5). The highest BCUT2D eigenvalue weighted by atomic mass is 14.9. The predicted octanol–water partition coefficient (Wildman–Crippen LogP) is 11.6. The summed E-state index contributed by atoms with van der Waals surface area (Å²) in [4.78, 5) is 29.6. The summed E-state index contributed by atoms with van der Waals surface area (Å²) in [5, 5.41) is 0. The minimum atomic E-state index is 0.892. The Morgan fingerprint density at radius 2 is 0.589 bits per heavy atom. The van der Waals surface area contributed by atoms with Crippen LogP contribution < -0.4 is 0 Å². The maximum Gasteiger partial charge on any atom is 0.138 e. The summed E-state index contributed by atoms with van der Waals surface area (Å²) < 4.78 is 0. The zero-order valence-corrected chi connectivity index (χ0v) is 30.6. The largest absolute Gasteiger partial charge is 0.351 e. The number of hydrogen-bond acceptors (Lipinski definition) is 4. The average molecular weight is 729 g/mol. The lowest BCUT2D eigenvalue weighted by molar-refractivity contribution is 1.31. The third kappa shape index (κ3) is 9.77. The van der Waals surface area contributed by atoms with E-state index in [0.29, 0.717) is 0 Å². The summed E-state index contributed by atoms with van der Waals surface area (Å²) in [6.07, 6.45) is 10.2. The molecular weight excluding hydrogens is 689 g/mol. The van der Waals surface area contributed by atoms with Gasteiger partial charge in [0.25, 0.3) is 0 Å².